The van der Waals surface area contributed by atoms with Crippen LogP contribution in [0.15, 0.2) is 72.8 Å². The van der Waals surface area contributed by atoms with Crippen LogP contribution in [0.5, 0.6) is 5.88 Å². The molecule has 5 rings (SSSR count). The number of methoxy groups -OCH3 is 1. The molecule has 0 radical (unpaired) electrons. The molecule has 11 heteroatoms. The van der Waals surface area contributed by atoms with E-state index in [9.17, 15) is 19.5 Å². The zero-order valence-corrected chi connectivity index (χ0v) is 23.8. The Morgan fingerprint density at radius 1 is 0.907 bits per heavy atom. The zero-order chi connectivity index (χ0) is 30.7. The molecule has 0 aliphatic rings. The van der Waals surface area contributed by atoms with Gasteiger partial charge in [0.05, 0.1) is 41.7 Å². The maximum absolute atomic E-state index is 13.1. The molecule has 43 heavy (non-hydrogen) atoms. The van der Waals surface area contributed by atoms with Crippen LogP contribution in [0, 0.1) is 6.92 Å². The van der Waals surface area contributed by atoms with Gasteiger partial charge < -0.3 is 31.5 Å². The number of primary amides is 1. The van der Waals surface area contributed by atoms with E-state index < -0.39 is 23.8 Å². The largest absolute Gasteiger partial charge is 0.480 e. The Hall–Kier alpha value is -5.55. The normalized spacial score (nSPS) is 11.6. The van der Waals surface area contributed by atoms with Crippen molar-refractivity contribution in [2.24, 2.45) is 5.73 Å². The number of amides is 3. The minimum Gasteiger partial charge on any atom is -0.480 e. The van der Waals surface area contributed by atoms with Gasteiger partial charge in [-0.2, -0.15) is 0 Å². The number of benzene rings is 3. The van der Waals surface area contributed by atoms with Crippen LogP contribution in [0.25, 0.3) is 21.8 Å². The van der Waals surface area contributed by atoms with Crippen LogP contribution in [0.3, 0.4) is 0 Å². The summed E-state index contributed by atoms with van der Waals surface area (Å²) in [5.74, 6) is -1.90. The third-order valence-electron chi connectivity index (χ3n) is 6.92. The molecular weight excluding hydrogens is 548 g/mol. The van der Waals surface area contributed by atoms with E-state index in [1.807, 2.05) is 48.5 Å². The number of anilines is 3. The lowest BCUT2D eigenvalue weighted by atomic mass is 10.1. The summed E-state index contributed by atoms with van der Waals surface area (Å²) >= 11 is 0. The number of ether oxygens (including phenoxy) is 1. The molecule has 1 atom stereocenters. The molecule has 5 aromatic rings. The van der Waals surface area contributed by atoms with E-state index in [0.717, 1.165) is 27.5 Å². The number of hydrogen-bond donors (Lipinski definition) is 5. The first-order valence-electron chi connectivity index (χ1n) is 13.4. The summed E-state index contributed by atoms with van der Waals surface area (Å²) < 4.78 is 5.08. The van der Waals surface area contributed by atoms with Crippen LogP contribution in [-0.2, 0) is 11.4 Å². The number of aryl methyl sites for hydroxylation is 1. The van der Waals surface area contributed by atoms with Gasteiger partial charge in [0, 0.05) is 22.1 Å². The molecule has 0 aliphatic carbocycles. The number of pyridine rings is 2. The van der Waals surface area contributed by atoms with Crippen LogP contribution in [0.2, 0.25) is 0 Å². The van der Waals surface area contributed by atoms with E-state index in [0.29, 0.717) is 22.6 Å². The van der Waals surface area contributed by atoms with Gasteiger partial charge in [0.2, 0.25) is 11.8 Å². The zero-order valence-electron chi connectivity index (χ0n) is 23.8. The van der Waals surface area contributed by atoms with E-state index in [-0.39, 0.29) is 23.6 Å². The number of aromatic nitrogens is 2. The fraction of sp³-hybridized carbons (Fsp3) is 0.156. The third-order valence-corrected chi connectivity index (χ3v) is 6.92. The maximum atomic E-state index is 13.1. The van der Waals surface area contributed by atoms with Gasteiger partial charge >= 0.3 is 0 Å². The van der Waals surface area contributed by atoms with Gasteiger partial charge in [0.15, 0.2) is 0 Å². The second-order valence-electron chi connectivity index (χ2n) is 9.95. The van der Waals surface area contributed by atoms with Gasteiger partial charge in [-0.1, -0.05) is 36.4 Å². The van der Waals surface area contributed by atoms with Crippen molar-refractivity contribution < 1.29 is 24.2 Å². The van der Waals surface area contributed by atoms with Crippen molar-refractivity contribution in [3.63, 3.8) is 0 Å². The molecule has 3 aromatic carbocycles. The number of carbonyl (C=O) groups excluding carboxylic acids is 3. The maximum Gasteiger partial charge on any atom is 0.254 e. The molecule has 0 saturated heterocycles. The number of nitrogens with two attached hydrogens (primary N) is 1. The SMILES string of the molecule is COc1nc(C)c(C(=O)NC(C)C(=O)Nc2cc(CO)cc(Nc3c4ccccc4nc4ccccc34)c2)cc1C(N)=O. The Morgan fingerprint density at radius 2 is 1.53 bits per heavy atom. The summed E-state index contributed by atoms with van der Waals surface area (Å²) in [5, 5.41) is 20.7. The molecule has 0 fully saturated rings. The van der Waals surface area contributed by atoms with Crippen molar-refractivity contribution >= 4 is 56.6 Å². The van der Waals surface area contributed by atoms with Gasteiger partial charge in [-0.05, 0) is 55.8 Å². The standard InChI is InChI=1S/C32H30N6O5/c1-17-24(15-25(29(33)40)32(35-17)43-3)31(42)34-18(2)30(41)37-21-13-19(16-39)12-20(14-21)36-28-22-8-4-6-10-26(22)38-27-11-7-5-9-23(27)28/h4-15,18,39H,16H2,1-3H3,(H2,33,40)(H,34,42)(H,36,38)(H,37,41). The highest BCUT2D eigenvalue weighted by Crippen LogP contribution is 2.34. The summed E-state index contributed by atoms with van der Waals surface area (Å²) in [6.45, 7) is 2.85. The number of carbonyl (C=O) groups is 3. The van der Waals surface area contributed by atoms with E-state index in [4.69, 9.17) is 15.5 Å². The molecule has 0 bridgehead atoms. The van der Waals surface area contributed by atoms with Crippen molar-refractivity contribution in [3.8, 4) is 5.88 Å². The first-order chi connectivity index (χ1) is 20.7. The molecule has 3 amide bonds. The first-order valence-corrected chi connectivity index (χ1v) is 13.4. The Bertz CT molecular complexity index is 1840. The number of hydrogen-bond acceptors (Lipinski definition) is 8. The van der Waals surface area contributed by atoms with Crippen LogP contribution >= 0.6 is 0 Å². The molecule has 2 heterocycles. The Morgan fingerprint density at radius 3 is 2.14 bits per heavy atom. The highest BCUT2D eigenvalue weighted by atomic mass is 16.5. The minimum absolute atomic E-state index is 0.00767. The van der Waals surface area contributed by atoms with Gasteiger partial charge in [-0.3, -0.25) is 14.4 Å². The highest BCUT2D eigenvalue weighted by Gasteiger charge is 2.22. The fourth-order valence-corrected chi connectivity index (χ4v) is 4.78. The Labute approximate surface area is 247 Å². The lowest BCUT2D eigenvalue weighted by Gasteiger charge is -2.18. The van der Waals surface area contributed by atoms with Crippen molar-refractivity contribution in [2.45, 2.75) is 26.5 Å². The van der Waals surface area contributed by atoms with Crippen LogP contribution in [-0.4, -0.2) is 45.9 Å². The summed E-state index contributed by atoms with van der Waals surface area (Å²) in [4.78, 5) is 46.8. The lowest BCUT2D eigenvalue weighted by Crippen LogP contribution is -2.42. The molecule has 2 aromatic heterocycles. The smallest absolute Gasteiger partial charge is 0.254 e. The molecule has 0 spiro atoms. The molecule has 0 aliphatic heterocycles. The summed E-state index contributed by atoms with van der Waals surface area (Å²) in [6.07, 6.45) is 0. The topological polar surface area (TPSA) is 169 Å². The fourth-order valence-electron chi connectivity index (χ4n) is 4.78. The molecule has 11 nitrogen and oxygen atoms in total. The lowest BCUT2D eigenvalue weighted by molar-refractivity contribution is -0.117. The Kier molecular flexibility index (Phi) is 8.17. The van der Waals surface area contributed by atoms with Crippen LogP contribution < -0.4 is 26.4 Å². The van der Waals surface area contributed by atoms with Crippen molar-refractivity contribution in [1.82, 2.24) is 15.3 Å². The van der Waals surface area contributed by atoms with E-state index in [1.54, 1.807) is 25.1 Å². The predicted molar refractivity (Wildman–Crippen MR) is 164 cm³/mol. The number of para-hydroxylation sites is 2. The molecular formula is C32H30N6O5. The first kappa shape index (κ1) is 29.0. The van der Waals surface area contributed by atoms with Crippen molar-refractivity contribution in [2.75, 3.05) is 17.7 Å². The number of nitrogens with one attached hydrogen (secondary N) is 3. The number of aliphatic hydroxyl groups is 1. The summed E-state index contributed by atoms with van der Waals surface area (Å²) in [5.41, 5.74) is 9.85. The van der Waals surface area contributed by atoms with Crippen molar-refractivity contribution in [1.29, 1.82) is 0 Å². The minimum atomic E-state index is -0.965. The third kappa shape index (κ3) is 6.07. The molecule has 6 N–H and O–H groups in total. The average Bonchev–Trinajstić information content (AvgIpc) is 3.00. The number of fused-ring (bicyclic) bond motifs is 2. The number of rotatable bonds is 9. The van der Waals surface area contributed by atoms with Gasteiger partial charge in [0.25, 0.3) is 11.8 Å². The average molecular weight is 579 g/mol. The van der Waals surface area contributed by atoms with E-state index in [2.05, 4.69) is 20.9 Å². The number of aliphatic hydroxyl groups excluding tert-OH is 1. The van der Waals surface area contributed by atoms with E-state index >= 15 is 0 Å². The Balaban J connectivity index is 1.38. The van der Waals surface area contributed by atoms with Gasteiger partial charge in [0.1, 0.15) is 11.6 Å². The summed E-state index contributed by atoms with van der Waals surface area (Å²) in [6, 6.07) is 21.1. The van der Waals surface area contributed by atoms with Gasteiger partial charge in [-0.25, -0.2) is 9.97 Å². The van der Waals surface area contributed by atoms with Crippen LogP contribution in [0.1, 0.15) is 38.9 Å². The molecule has 218 valence electrons. The second kappa shape index (κ2) is 12.1. The van der Waals surface area contributed by atoms with Crippen molar-refractivity contribution in [3.05, 3.63) is 95.2 Å². The highest BCUT2D eigenvalue weighted by molar-refractivity contribution is 6.09. The van der Waals surface area contributed by atoms with E-state index in [1.165, 1.54) is 20.1 Å². The number of nitrogens with zero attached hydrogens (tertiary/aromatic N) is 2. The van der Waals surface area contributed by atoms with Gasteiger partial charge in [-0.15, -0.1) is 0 Å². The van der Waals surface area contributed by atoms with Crippen LogP contribution in [0.4, 0.5) is 17.1 Å². The monoisotopic (exact) mass is 578 g/mol. The predicted octanol–water partition coefficient (Wildman–Crippen LogP) is 4.19. The summed E-state index contributed by atoms with van der Waals surface area (Å²) in [7, 11) is 1.34. The molecule has 1 unspecified atom stereocenters. The quantitative estimate of drug-likeness (QED) is 0.162. The molecule has 0 saturated carbocycles. The second-order valence-corrected chi connectivity index (χ2v) is 9.95.